The fraction of sp³-hybridized carbons (Fsp3) is 0.417. The predicted octanol–water partition coefficient (Wildman–Crippen LogP) is 1.35. The van der Waals surface area contributed by atoms with Crippen LogP contribution in [0.15, 0.2) is 24.3 Å². The second-order valence-electron chi connectivity index (χ2n) is 3.47. The van der Waals surface area contributed by atoms with Crippen molar-refractivity contribution >= 4 is 5.97 Å². The van der Waals surface area contributed by atoms with Gasteiger partial charge in [-0.2, -0.15) is 0 Å². The van der Waals surface area contributed by atoms with Gasteiger partial charge < -0.3 is 14.8 Å². The third-order valence-electron chi connectivity index (χ3n) is 2.33. The van der Waals surface area contributed by atoms with Crippen LogP contribution in [0.3, 0.4) is 0 Å². The molecule has 0 fully saturated rings. The van der Waals surface area contributed by atoms with Gasteiger partial charge in [0.1, 0.15) is 11.8 Å². The predicted molar refractivity (Wildman–Crippen MR) is 61.3 cm³/mol. The number of hydrogen-bond donors (Lipinski definition) is 1. The summed E-state index contributed by atoms with van der Waals surface area (Å²) in [7, 11) is 3.01. The van der Waals surface area contributed by atoms with Crippen molar-refractivity contribution in [2.75, 3.05) is 14.2 Å². The van der Waals surface area contributed by atoms with Crippen molar-refractivity contribution in [1.82, 2.24) is 5.32 Å². The lowest BCUT2D eigenvalue weighted by molar-refractivity contribution is -0.142. The van der Waals surface area contributed by atoms with Crippen molar-refractivity contribution in [2.45, 2.75) is 19.5 Å². The van der Waals surface area contributed by atoms with Gasteiger partial charge in [-0.05, 0) is 24.6 Å². The molecule has 1 N–H and O–H groups in total. The van der Waals surface area contributed by atoms with Gasteiger partial charge >= 0.3 is 5.97 Å². The Balaban J connectivity index is 2.45. The van der Waals surface area contributed by atoms with Crippen molar-refractivity contribution in [2.24, 2.45) is 0 Å². The highest BCUT2D eigenvalue weighted by atomic mass is 16.5. The molecule has 0 aliphatic heterocycles. The van der Waals surface area contributed by atoms with Gasteiger partial charge in [-0.1, -0.05) is 12.1 Å². The molecule has 0 radical (unpaired) electrons. The van der Waals surface area contributed by atoms with Crippen molar-refractivity contribution in [3.8, 4) is 5.75 Å². The number of hydrogen-bond acceptors (Lipinski definition) is 4. The SMILES string of the molecule is COC(=O)[C@@H](C)NCc1ccc(OC)cc1. The van der Waals surface area contributed by atoms with Gasteiger partial charge in [-0.25, -0.2) is 0 Å². The Morgan fingerprint density at radius 1 is 1.31 bits per heavy atom. The molecule has 1 atom stereocenters. The van der Waals surface area contributed by atoms with Crippen LogP contribution in [-0.2, 0) is 16.1 Å². The molecule has 0 bridgehead atoms. The average Bonchev–Trinajstić information content (AvgIpc) is 2.35. The Bertz CT molecular complexity index is 335. The van der Waals surface area contributed by atoms with E-state index in [4.69, 9.17) is 4.74 Å². The van der Waals surface area contributed by atoms with Crippen LogP contribution < -0.4 is 10.1 Å². The van der Waals surface area contributed by atoms with Crippen molar-refractivity contribution in [3.63, 3.8) is 0 Å². The topological polar surface area (TPSA) is 47.6 Å². The van der Waals surface area contributed by atoms with Crippen LogP contribution in [0.1, 0.15) is 12.5 Å². The second-order valence-corrected chi connectivity index (χ2v) is 3.47. The number of methoxy groups -OCH3 is 2. The molecule has 0 saturated carbocycles. The number of ether oxygens (including phenoxy) is 2. The first-order valence-electron chi connectivity index (χ1n) is 5.11. The molecule has 88 valence electrons. The van der Waals surface area contributed by atoms with E-state index in [-0.39, 0.29) is 12.0 Å². The lowest BCUT2D eigenvalue weighted by atomic mass is 10.2. The number of carbonyl (C=O) groups excluding carboxylic acids is 1. The van der Waals surface area contributed by atoms with Crippen LogP contribution >= 0.6 is 0 Å². The van der Waals surface area contributed by atoms with Gasteiger partial charge in [0.25, 0.3) is 0 Å². The van der Waals surface area contributed by atoms with E-state index >= 15 is 0 Å². The van der Waals surface area contributed by atoms with Gasteiger partial charge in [-0.3, -0.25) is 4.79 Å². The normalized spacial score (nSPS) is 11.9. The number of carbonyl (C=O) groups is 1. The Kier molecular flexibility index (Phi) is 4.79. The Morgan fingerprint density at radius 2 is 1.94 bits per heavy atom. The fourth-order valence-electron chi connectivity index (χ4n) is 1.27. The van der Waals surface area contributed by atoms with E-state index in [1.807, 2.05) is 24.3 Å². The molecule has 4 heteroatoms. The van der Waals surface area contributed by atoms with E-state index in [1.165, 1.54) is 7.11 Å². The van der Waals surface area contributed by atoms with Crippen molar-refractivity contribution < 1.29 is 14.3 Å². The van der Waals surface area contributed by atoms with Crippen LogP contribution in [0.25, 0.3) is 0 Å². The standard InChI is InChI=1S/C12H17NO3/c1-9(12(14)16-3)13-8-10-4-6-11(15-2)7-5-10/h4-7,9,13H,8H2,1-3H3/t9-/m1/s1. The Hall–Kier alpha value is -1.55. The van der Waals surface area contributed by atoms with Crippen molar-refractivity contribution in [3.05, 3.63) is 29.8 Å². The average molecular weight is 223 g/mol. The lowest BCUT2D eigenvalue weighted by Gasteiger charge is -2.11. The van der Waals surface area contributed by atoms with Crippen molar-refractivity contribution in [1.29, 1.82) is 0 Å². The van der Waals surface area contributed by atoms with Crippen LogP contribution in [0.2, 0.25) is 0 Å². The minimum Gasteiger partial charge on any atom is -0.497 e. The molecule has 0 aliphatic rings. The molecule has 0 aromatic heterocycles. The summed E-state index contributed by atoms with van der Waals surface area (Å²) in [6.07, 6.45) is 0. The zero-order chi connectivity index (χ0) is 12.0. The van der Waals surface area contributed by atoms with E-state index in [2.05, 4.69) is 10.1 Å². The maximum absolute atomic E-state index is 11.1. The zero-order valence-electron chi connectivity index (χ0n) is 9.82. The summed E-state index contributed by atoms with van der Waals surface area (Å²) in [4.78, 5) is 11.1. The third-order valence-corrected chi connectivity index (χ3v) is 2.33. The van der Waals surface area contributed by atoms with Crippen LogP contribution in [-0.4, -0.2) is 26.2 Å². The molecule has 4 nitrogen and oxygen atoms in total. The van der Waals surface area contributed by atoms with Gasteiger partial charge in [0, 0.05) is 6.54 Å². The summed E-state index contributed by atoms with van der Waals surface area (Å²) in [5.41, 5.74) is 1.09. The van der Waals surface area contributed by atoms with E-state index < -0.39 is 0 Å². The van der Waals surface area contributed by atoms with E-state index in [0.717, 1.165) is 11.3 Å². The smallest absolute Gasteiger partial charge is 0.322 e. The number of esters is 1. The molecule has 0 amide bonds. The van der Waals surface area contributed by atoms with E-state index in [1.54, 1.807) is 14.0 Å². The van der Waals surface area contributed by atoms with Gasteiger partial charge in [-0.15, -0.1) is 0 Å². The molecule has 0 spiro atoms. The maximum Gasteiger partial charge on any atom is 0.322 e. The number of nitrogens with one attached hydrogen (secondary N) is 1. The highest BCUT2D eigenvalue weighted by molar-refractivity contribution is 5.75. The van der Waals surface area contributed by atoms with Crippen LogP contribution in [0, 0.1) is 0 Å². The minimum absolute atomic E-state index is 0.256. The van der Waals surface area contributed by atoms with Gasteiger partial charge in [0.15, 0.2) is 0 Å². The van der Waals surface area contributed by atoms with Gasteiger partial charge in [0.2, 0.25) is 0 Å². The highest BCUT2D eigenvalue weighted by Gasteiger charge is 2.11. The molecule has 1 aromatic rings. The third kappa shape index (κ3) is 3.55. The molecular formula is C12H17NO3. The molecule has 1 aromatic carbocycles. The number of rotatable bonds is 5. The molecule has 16 heavy (non-hydrogen) atoms. The summed E-state index contributed by atoms with van der Waals surface area (Å²) in [6, 6.07) is 7.39. The second kappa shape index (κ2) is 6.12. The first-order chi connectivity index (χ1) is 7.67. The fourth-order valence-corrected chi connectivity index (χ4v) is 1.27. The quantitative estimate of drug-likeness (QED) is 0.765. The maximum atomic E-state index is 11.1. The summed E-state index contributed by atoms with van der Waals surface area (Å²) in [5.74, 6) is 0.568. The molecular weight excluding hydrogens is 206 g/mol. The first-order valence-corrected chi connectivity index (χ1v) is 5.11. The molecule has 0 unspecified atom stereocenters. The zero-order valence-corrected chi connectivity index (χ0v) is 9.82. The van der Waals surface area contributed by atoms with Crippen LogP contribution in [0.5, 0.6) is 5.75 Å². The minimum atomic E-state index is -0.299. The summed E-state index contributed by atoms with van der Waals surface area (Å²) >= 11 is 0. The molecule has 0 heterocycles. The highest BCUT2D eigenvalue weighted by Crippen LogP contribution is 2.11. The lowest BCUT2D eigenvalue weighted by Crippen LogP contribution is -2.34. The first kappa shape index (κ1) is 12.5. The molecule has 1 rings (SSSR count). The largest absolute Gasteiger partial charge is 0.497 e. The summed E-state index contributed by atoms with van der Waals surface area (Å²) < 4.78 is 9.67. The van der Waals surface area contributed by atoms with E-state index in [9.17, 15) is 4.79 Å². The Labute approximate surface area is 95.6 Å². The van der Waals surface area contributed by atoms with E-state index in [0.29, 0.717) is 6.54 Å². The van der Waals surface area contributed by atoms with Crippen LogP contribution in [0.4, 0.5) is 0 Å². The number of benzene rings is 1. The molecule has 0 aliphatic carbocycles. The monoisotopic (exact) mass is 223 g/mol. The Morgan fingerprint density at radius 3 is 2.44 bits per heavy atom. The molecule has 0 saturated heterocycles. The van der Waals surface area contributed by atoms with Gasteiger partial charge in [0.05, 0.1) is 14.2 Å². The summed E-state index contributed by atoms with van der Waals surface area (Å²) in [5, 5.41) is 3.07. The summed E-state index contributed by atoms with van der Waals surface area (Å²) in [6.45, 7) is 2.40.